The minimum Gasteiger partial charge on any atom is -0.307 e. The van der Waals surface area contributed by atoms with Crippen LogP contribution in [-0.4, -0.2) is 9.97 Å². The zero-order valence-electron chi connectivity index (χ0n) is 13.0. The zero-order valence-corrected chi connectivity index (χ0v) is 14.6. The predicted octanol–water partition coefficient (Wildman–Crippen LogP) is 4.74. The van der Waals surface area contributed by atoms with E-state index in [4.69, 9.17) is 0 Å². The van der Waals surface area contributed by atoms with Crippen molar-refractivity contribution in [1.29, 1.82) is 0 Å². The Balaban J connectivity index is 2.15. The normalized spacial score (nSPS) is 11.2. The van der Waals surface area contributed by atoms with Gasteiger partial charge in [0.1, 0.15) is 5.82 Å². The molecule has 0 unspecified atom stereocenters. The average molecular weight is 361 g/mol. The lowest BCUT2D eigenvalue weighted by molar-refractivity contribution is 0.706. The summed E-state index contributed by atoms with van der Waals surface area (Å²) in [6, 6.07) is 7.98. The van der Waals surface area contributed by atoms with Crippen molar-refractivity contribution in [1.82, 2.24) is 9.97 Å². The van der Waals surface area contributed by atoms with Gasteiger partial charge in [0, 0.05) is 15.7 Å². The Morgan fingerprint density at radius 1 is 1.18 bits per heavy atom. The molecule has 0 atom stereocenters. The molecule has 0 saturated carbocycles. The number of hydrogen-bond acceptors (Lipinski definition) is 2. The van der Waals surface area contributed by atoms with Gasteiger partial charge in [0.25, 0.3) is 5.56 Å². The maximum Gasteiger partial charge on any atom is 0.254 e. The predicted molar refractivity (Wildman–Crippen MR) is 95.9 cm³/mol. The maximum absolute atomic E-state index is 12.2. The van der Waals surface area contributed by atoms with Crippen molar-refractivity contribution in [3.8, 4) is 0 Å². The number of halogens is 1. The topological polar surface area (TPSA) is 45.8 Å². The Morgan fingerprint density at radius 2 is 1.91 bits per heavy atom. The van der Waals surface area contributed by atoms with E-state index in [1.165, 1.54) is 0 Å². The molecule has 0 spiro atoms. The molecule has 0 radical (unpaired) electrons. The van der Waals surface area contributed by atoms with Crippen molar-refractivity contribution >= 4 is 28.1 Å². The molecule has 0 aliphatic heterocycles. The van der Waals surface area contributed by atoms with Crippen LogP contribution in [0.15, 0.2) is 33.5 Å². The van der Waals surface area contributed by atoms with E-state index in [-0.39, 0.29) is 5.56 Å². The highest BCUT2D eigenvalue weighted by atomic mass is 79.9. The van der Waals surface area contributed by atoms with Crippen LogP contribution in [0.1, 0.15) is 48.8 Å². The van der Waals surface area contributed by atoms with Crippen molar-refractivity contribution in [3.05, 3.63) is 61.7 Å². The van der Waals surface area contributed by atoms with Crippen LogP contribution >= 0.6 is 15.9 Å². The largest absolute Gasteiger partial charge is 0.307 e. The summed E-state index contributed by atoms with van der Waals surface area (Å²) in [5.41, 5.74) is 2.69. The van der Waals surface area contributed by atoms with Gasteiger partial charge in [-0.05, 0) is 43.5 Å². The highest BCUT2D eigenvalue weighted by Gasteiger charge is 2.06. The Labute approximate surface area is 139 Å². The molecule has 1 N–H and O–H groups in total. The summed E-state index contributed by atoms with van der Waals surface area (Å²) in [6.45, 7) is 4.07. The lowest BCUT2D eigenvalue weighted by Gasteiger charge is -2.05. The third-order valence-electron chi connectivity index (χ3n) is 3.57. The van der Waals surface area contributed by atoms with Crippen LogP contribution in [0, 0.1) is 6.92 Å². The molecule has 22 heavy (non-hydrogen) atoms. The molecule has 0 saturated heterocycles. The quantitative estimate of drug-likeness (QED) is 0.755. The van der Waals surface area contributed by atoms with Gasteiger partial charge in [0.05, 0.1) is 0 Å². The molecule has 0 aliphatic rings. The van der Waals surface area contributed by atoms with Crippen molar-refractivity contribution in [2.45, 2.75) is 39.5 Å². The van der Waals surface area contributed by atoms with Gasteiger partial charge in [0.2, 0.25) is 0 Å². The minimum atomic E-state index is -0.0148. The molecule has 1 aromatic carbocycles. The van der Waals surface area contributed by atoms with Crippen molar-refractivity contribution < 1.29 is 0 Å². The molecule has 2 rings (SSSR count). The highest BCUT2D eigenvalue weighted by Crippen LogP contribution is 2.12. The Kier molecular flexibility index (Phi) is 6.13. The summed E-state index contributed by atoms with van der Waals surface area (Å²) in [5, 5.41) is 0. The number of nitrogens with one attached hydrogen (secondary N) is 1. The monoisotopic (exact) mass is 360 g/mol. The van der Waals surface area contributed by atoms with Crippen LogP contribution < -0.4 is 5.56 Å². The number of aromatic amines is 1. The molecule has 0 aliphatic carbocycles. The number of hydrogen-bond donors (Lipinski definition) is 1. The molecule has 2 aromatic rings. The molecule has 0 bridgehead atoms. The number of rotatable bonds is 6. The van der Waals surface area contributed by atoms with Gasteiger partial charge >= 0.3 is 0 Å². The molecular weight excluding hydrogens is 340 g/mol. The second-order valence-electron chi connectivity index (χ2n) is 5.36. The second-order valence-corrected chi connectivity index (χ2v) is 6.27. The first-order chi connectivity index (χ1) is 10.6. The van der Waals surface area contributed by atoms with Gasteiger partial charge in [-0.1, -0.05) is 53.9 Å². The first-order valence-electron chi connectivity index (χ1n) is 7.63. The summed E-state index contributed by atoms with van der Waals surface area (Å²) in [5.74, 6) is 0.602. The SMILES string of the molecule is CCCCCc1c(C)nc(/C=C/c2ccc(Br)cc2)[nH]c1=O. The van der Waals surface area contributed by atoms with Gasteiger partial charge in [-0.2, -0.15) is 0 Å². The Morgan fingerprint density at radius 3 is 2.55 bits per heavy atom. The Hall–Kier alpha value is -1.68. The zero-order chi connectivity index (χ0) is 15.9. The van der Waals surface area contributed by atoms with E-state index >= 15 is 0 Å². The third-order valence-corrected chi connectivity index (χ3v) is 4.10. The summed E-state index contributed by atoms with van der Waals surface area (Å²) in [6.07, 6.45) is 7.92. The van der Waals surface area contributed by atoms with Crippen molar-refractivity contribution in [2.75, 3.05) is 0 Å². The number of unbranched alkanes of at least 4 members (excludes halogenated alkanes) is 2. The fourth-order valence-corrected chi connectivity index (χ4v) is 2.57. The first-order valence-corrected chi connectivity index (χ1v) is 8.43. The molecule has 1 aromatic heterocycles. The lowest BCUT2D eigenvalue weighted by Crippen LogP contribution is -2.17. The number of aromatic nitrogens is 2. The van der Waals surface area contributed by atoms with E-state index in [2.05, 4.69) is 32.8 Å². The van der Waals surface area contributed by atoms with E-state index in [1.807, 2.05) is 43.3 Å². The summed E-state index contributed by atoms with van der Waals surface area (Å²) in [7, 11) is 0. The van der Waals surface area contributed by atoms with E-state index in [1.54, 1.807) is 0 Å². The van der Waals surface area contributed by atoms with Crippen molar-refractivity contribution in [3.63, 3.8) is 0 Å². The number of aryl methyl sites for hydroxylation is 1. The Bertz CT molecular complexity index is 702. The molecule has 0 fully saturated rings. The summed E-state index contributed by atoms with van der Waals surface area (Å²) >= 11 is 3.41. The van der Waals surface area contributed by atoms with Gasteiger partial charge in [-0.25, -0.2) is 4.98 Å². The van der Waals surface area contributed by atoms with Crippen LogP contribution in [-0.2, 0) is 6.42 Å². The van der Waals surface area contributed by atoms with Crippen LogP contribution in [0.3, 0.4) is 0 Å². The van der Waals surface area contributed by atoms with Gasteiger partial charge in [-0.3, -0.25) is 4.79 Å². The molecule has 116 valence electrons. The van der Waals surface area contributed by atoms with E-state index in [9.17, 15) is 4.79 Å². The number of nitrogens with zero attached hydrogens (tertiary/aromatic N) is 1. The van der Waals surface area contributed by atoms with Gasteiger partial charge in [0.15, 0.2) is 0 Å². The molecular formula is C18H21BrN2O. The fourth-order valence-electron chi connectivity index (χ4n) is 2.31. The third kappa shape index (κ3) is 4.67. The van der Waals surface area contributed by atoms with Crippen molar-refractivity contribution in [2.24, 2.45) is 0 Å². The number of H-pyrrole nitrogens is 1. The molecule has 1 heterocycles. The summed E-state index contributed by atoms with van der Waals surface area (Å²) < 4.78 is 1.04. The molecule has 4 heteroatoms. The standard InChI is InChI=1S/C18H21BrN2O/c1-3-4-5-6-16-13(2)20-17(21-18(16)22)12-9-14-7-10-15(19)11-8-14/h7-12H,3-6H2,1-2H3,(H,20,21,22)/b12-9+. The minimum absolute atomic E-state index is 0.0148. The van der Waals surface area contributed by atoms with Crippen LogP contribution in [0.5, 0.6) is 0 Å². The average Bonchev–Trinajstić information content (AvgIpc) is 2.49. The smallest absolute Gasteiger partial charge is 0.254 e. The van der Waals surface area contributed by atoms with E-state index in [0.29, 0.717) is 5.82 Å². The molecule has 0 amide bonds. The molecule has 3 nitrogen and oxygen atoms in total. The van der Waals surface area contributed by atoms with Crippen LogP contribution in [0.4, 0.5) is 0 Å². The first kappa shape index (κ1) is 16.7. The summed E-state index contributed by atoms with van der Waals surface area (Å²) in [4.78, 5) is 19.5. The van der Waals surface area contributed by atoms with Crippen LogP contribution in [0.2, 0.25) is 0 Å². The fraction of sp³-hybridized carbons (Fsp3) is 0.333. The van der Waals surface area contributed by atoms with Gasteiger partial charge < -0.3 is 4.98 Å². The lowest BCUT2D eigenvalue weighted by atomic mass is 10.1. The van der Waals surface area contributed by atoms with E-state index < -0.39 is 0 Å². The van der Waals surface area contributed by atoms with E-state index in [0.717, 1.165) is 47.0 Å². The van der Waals surface area contributed by atoms with Gasteiger partial charge in [-0.15, -0.1) is 0 Å². The maximum atomic E-state index is 12.2. The highest BCUT2D eigenvalue weighted by molar-refractivity contribution is 9.10. The second kappa shape index (κ2) is 8.08. The van der Waals surface area contributed by atoms with Crippen LogP contribution in [0.25, 0.3) is 12.2 Å². The number of benzene rings is 1.